The Morgan fingerprint density at radius 1 is 1.23 bits per heavy atom. The van der Waals surface area contributed by atoms with Crippen LogP contribution < -0.4 is 0 Å². The van der Waals surface area contributed by atoms with Gasteiger partial charge in [0, 0.05) is 32.2 Å². The Bertz CT molecular complexity index is 538. The molecule has 0 saturated carbocycles. The molecule has 3 aliphatic heterocycles. The lowest BCUT2D eigenvalue weighted by atomic mass is 9.74. The minimum atomic E-state index is -0.573. The number of carbonyl (C=O) groups is 1. The second-order valence-corrected chi connectivity index (χ2v) is 6.43. The maximum Gasteiger partial charge on any atom is 0.238 e. The molecule has 5 nitrogen and oxygen atoms in total. The molecule has 3 unspecified atom stereocenters. The van der Waals surface area contributed by atoms with Crippen molar-refractivity contribution in [1.29, 1.82) is 0 Å². The van der Waals surface area contributed by atoms with Gasteiger partial charge in [-0.05, 0) is 43.7 Å². The Kier molecular flexibility index (Phi) is 3.62. The van der Waals surface area contributed by atoms with Gasteiger partial charge in [0.25, 0.3) is 0 Å². The van der Waals surface area contributed by atoms with Gasteiger partial charge in [0.05, 0.1) is 6.10 Å². The van der Waals surface area contributed by atoms with Crippen LogP contribution in [0.1, 0.15) is 37.7 Å². The largest absolute Gasteiger partial charge is 0.377 e. The van der Waals surface area contributed by atoms with Crippen LogP contribution in [0.4, 0.5) is 0 Å². The number of rotatable bonds is 3. The van der Waals surface area contributed by atoms with E-state index in [1.807, 2.05) is 23.2 Å². The maximum atomic E-state index is 13.3. The van der Waals surface area contributed by atoms with Crippen LogP contribution >= 0.6 is 0 Å². The number of carbonyl (C=O) groups excluding carboxylic acids is 1. The van der Waals surface area contributed by atoms with Crippen LogP contribution in [0.3, 0.4) is 0 Å². The molecule has 1 aromatic heterocycles. The summed E-state index contributed by atoms with van der Waals surface area (Å²) in [5.74, 6) is 0.166. The Morgan fingerprint density at radius 2 is 2.09 bits per heavy atom. The number of amides is 1. The quantitative estimate of drug-likeness (QED) is 0.855. The molecule has 4 rings (SSSR count). The first-order valence-corrected chi connectivity index (χ1v) is 8.27. The zero-order chi connectivity index (χ0) is 15.0. The predicted octanol–water partition coefficient (Wildman–Crippen LogP) is 1.87. The van der Waals surface area contributed by atoms with E-state index in [1.165, 1.54) is 0 Å². The molecular weight excluding hydrogens is 280 g/mol. The van der Waals surface area contributed by atoms with Crippen LogP contribution in [0.25, 0.3) is 0 Å². The van der Waals surface area contributed by atoms with Crippen molar-refractivity contribution in [1.82, 2.24) is 9.88 Å². The summed E-state index contributed by atoms with van der Waals surface area (Å²) in [5.41, 5.74) is 0.420. The third-order valence-corrected chi connectivity index (χ3v) is 5.30. The van der Waals surface area contributed by atoms with Gasteiger partial charge in [-0.2, -0.15) is 0 Å². The summed E-state index contributed by atoms with van der Waals surface area (Å²) in [6, 6.07) is 3.93. The standard InChI is InChI=1S/C17H22N2O3/c20-16-17(14-5-2-10-21-14,13-4-1-8-18-12-13)7-9-19(16)15-6-3-11-22-15/h1,4,8,12,14-15H,2-3,5-7,9-11H2. The van der Waals surface area contributed by atoms with E-state index in [9.17, 15) is 4.79 Å². The highest BCUT2D eigenvalue weighted by Crippen LogP contribution is 2.44. The fourth-order valence-electron chi connectivity index (χ4n) is 4.19. The fraction of sp³-hybridized carbons (Fsp3) is 0.647. The monoisotopic (exact) mass is 302 g/mol. The third-order valence-electron chi connectivity index (χ3n) is 5.30. The fourth-order valence-corrected chi connectivity index (χ4v) is 4.19. The summed E-state index contributed by atoms with van der Waals surface area (Å²) < 4.78 is 11.7. The average molecular weight is 302 g/mol. The second-order valence-electron chi connectivity index (χ2n) is 6.43. The van der Waals surface area contributed by atoms with E-state index in [-0.39, 0.29) is 18.2 Å². The molecule has 0 bridgehead atoms. The molecule has 5 heteroatoms. The van der Waals surface area contributed by atoms with Crippen LogP contribution in [0, 0.1) is 0 Å². The minimum absolute atomic E-state index is 0.0318. The van der Waals surface area contributed by atoms with Crippen molar-refractivity contribution in [3.05, 3.63) is 30.1 Å². The average Bonchev–Trinajstić information content (AvgIpc) is 3.29. The van der Waals surface area contributed by atoms with Gasteiger partial charge in [0.1, 0.15) is 11.6 Å². The van der Waals surface area contributed by atoms with Crippen molar-refractivity contribution < 1.29 is 14.3 Å². The van der Waals surface area contributed by atoms with E-state index in [2.05, 4.69) is 4.98 Å². The van der Waals surface area contributed by atoms with E-state index in [4.69, 9.17) is 9.47 Å². The first-order chi connectivity index (χ1) is 10.8. The zero-order valence-corrected chi connectivity index (χ0v) is 12.7. The van der Waals surface area contributed by atoms with Crippen LogP contribution in [-0.4, -0.2) is 47.9 Å². The number of nitrogens with zero attached hydrogens (tertiary/aromatic N) is 2. The lowest BCUT2D eigenvalue weighted by Crippen LogP contribution is -2.49. The molecule has 22 heavy (non-hydrogen) atoms. The molecular formula is C17H22N2O3. The lowest BCUT2D eigenvalue weighted by molar-refractivity contribution is -0.145. The smallest absolute Gasteiger partial charge is 0.238 e. The molecule has 1 amide bonds. The van der Waals surface area contributed by atoms with E-state index < -0.39 is 5.41 Å². The van der Waals surface area contributed by atoms with Crippen LogP contribution in [0.2, 0.25) is 0 Å². The zero-order valence-electron chi connectivity index (χ0n) is 12.7. The van der Waals surface area contributed by atoms with Gasteiger partial charge in [0.2, 0.25) is 5.91 Å². The van der Waals surface area contributed by atoms with Crippen molar-refractivity contribution in [3.63, 3.8) is 0 Å². The van der Waals surface area contributed by atoms with Crippen LogP contribution in [-0.2, 0) is 19.7 Å². The summed E-state index contributed by atoms with van der Waals surface area (Å²) >= 11 is 0. The summed E-state index contributed by atoms with van der Waals surface area (Å²) in [6.45, 7) is 2.26. The minimum Gasteiger partial charge on any atom is -0.377 e. The summed E-state index contributed by atoms with van der Waals surface area (Å²) in [5, 5.41) is 0. The molecule has 4 heterocycles. The highest BCUT2D eigenvalue weighted by molar-refractivity contribution is 5.91. The molecule has 0 aromatic carbocycles. The van der Waals surface area contributed by atoms with Crippen LogP contribution in [0.15, 0.2) is 24.5 Å². The first-order valence-electron chi connectivity index (χ1n) is 8.27. The Morgan fingerprint density at radius 3 is 2.77 bits per heavy atom. The summed E-state index contributed by atoms with van der Waals surface area (Å²) in [4.78, 5) is 19.5. The number of hydrogen-bond acceptors (Lipinski definition) is 4. The summed E-state index contributed by atoms with van der Waals surface area (Å²) in [7, 11) is 0. The van der Waals surface area contributed by atoms with Crippen LogP contribution in [0.5, 0.6) is 0 Å². The highest BCUT2D eigenvalue weighted by atomic mass is 16.5. The van der Waals surface area contributed by atoms with Gasteiger partial charge in [-0.1, -0.05) is 6.07 Å². The molecule has 3 aliphatic rings. The van der Waals surface area contributed by atoms with Gasteiger partial charge in [-0.25, -0.2) is 0 Å². The molecule has 0 aliphatic carbocycles. The number of pyridine rings is 1. The van der Waals surface area contributed by atoms with Gasteiger partial charge in [0.15, 0.2) is 0 Å². The topological polar surface area (TPSA) is 51.7 Å². The third kappa shape index (κ3) is 2.07. The molecule has 0 spiro atoms. The van der Waals surface area contributed by atoms with Gasteiger partial charge in [-0.3, -0.25) is 9.78 Å². The highest BCUT2D eigenvalue weighted by Gasteiger charge is 2.56. The molecule has 1 aromatic rings. The Labute approximate surface area is 130 Å². The number of likely N-dealkylation sites (tertiary alicyclic amines) is 1. The second kappa shape index (κ2) is 5.63. The Hall–Kier alpha value is -1.46. The van der Waals surface area contributed by atoms with E-state index in [0.717, 1.165) is 57.4 Å². The van der Waals surface area contributed by atoms with Gasteiger partial charge >= 0.3 is 0 Å². The molecule has 0 N–H and O–H groups in total. The number of ether oxygens (including phenoxy) is 2. The van der Waals surface area contributed by atoms with Crippen molar-refractivity contribution in [2.75, 3.05) is 19.8 Å². The normalized spacial score (nSPS) is 35.5. The van der Waals surface area contributed by atoms with Gasteiger partial charge < -0.3 is 14.4 Å². The van der Waals surface area contributed by atoms with Gasteiger partial charge in [-0.15, -0.1) is 0 Å². The predicted molar refractivity (Wildman–Crippen MR) is 80.2 cm³/mol. The van der Waals surface area contributed by atoms with E-state index in [1.54, 1.807) is 6.20 Å². The number of hydrogen-bond donors (Lipinski definition) is 0. The molecule has 0 radical (unpaired) electrons. The maximum absolute atomic E-state index is 13.3. The van der Waals surface area contributed by atoms with Crippen molar-refractivity contribution in [3.8, 4) is 0 Å². The first kappa shape index (κ1) is 14.2. The molecule has 3 fully saturated rings. The van der Waals surface area contributed by atoms with Crippen molar-refractivity contribution in [2.24, 2.45) is 0 Å². The van der Waals surface area contributed by atoms with Crippen molar-refractivity contribution in [2.45, 2.75) is 49.9 Å². The number of aromatic nitrogens is 1. The van der Waals surface area contributed by atoms with Crippen molar-refractivity contribution >= 4 is 5.91 Å². The molecule has 3 saturated heterocycles. The molecule has 118 valence electrons. The van der Waals surface area contributed by atoms with E-state index in [0.29, 0.717) is 0 Å². The summed E-state index contributed by atoms with van der Waals surface area (Å²) in [6.07, 6.45) is 8.25. The Balaban J connectivity index is 1.71. The van der Waals surface area contributed by atoms with E-state index >= 15 is 0 Å². The SMILES string of the molecule is O=C1N(C2CCCO2)CCC1(c1cccnc1)C1CCCO1. The lowest BCUT2D eigenvalue weighted by Gasteiger charge is -2.34. The molecule has 3 atom stereocenters.